The van der Waals surface area contributed by atoms with E-state index in [4.69, 9.17) is 32.4 Å². The molecule has 0 aliphatic carbocycles. The second-order valence-corrected chi connectivity index (χ2v) is 9.42. The monoisotopic (exact) mass is 531 g/mol. The van der Waals surface area contributed by atoms with E-state index in [2.05, 4.69) is 4.74 Å². The number of methoxy groups -OCH3 is 1. The molecule has 1 aliphatic heterocycles. The van der Waals surface area contributed by atoms with Gasteiger partial charge in [0.05, 0.1) is 28.6 Å². The van der Waals surface area contributed by atoms with Crippen LogP contribution in [0, 0.1) is 6.92 Å². The fraction of sp³-hybridized carbons (Fsp3) is 0.160. The molecule has 2 amide bonds. The van der Waals surface area contributed by atoms with Gasteiger partial charge in [0.2, 0.25) is 5.76 Å². The normalized spacial score (nSPS) is 14.6. The number of imide groups is 1. The molecule has 0 N–H and O–H groups in total. The topological polar surface area (TPSA) is 86.0 Å². The zero-order valence-electron chi connectivity index (χ0n) is 18.7. The van der Waals surface area contributed by atoms with Crippen molar-refractivity contribution < 1.29 is 28.3 Å². The lowest BCUT2D eigenvalue weighted by atomic mass is 10.1. The van der Waals surface area contributed by atoms with E-state index in [1.165, 1.54) is 25.3 Å². The number of thioether (sulfide) groups is 1. The standard InChI is InChI=1S/C25H19Cl2NO6S/c1-14-3-5-15(6-4-14)13-33-22-18(26)9-16(10-19(22)27)11-21-23(29)28(25(31)35-21)12-17-7-8-20(34-17)24(30)32-2/h3-11H,12-13H2,1-2H3/b21-11+. The number of aryl methyl sites for hydroxylation is 1. The summed E-state index contributed by atoms with van der Waals surface area (Å²) in [6.45, 7) is 2.18. The molecule has 0 spiro atoms. The molecule has 1 fully saturated rings. The predicted molar refractivity (Wildman–Crippen MR) is 134 cm³/mol. The Kier molecular flexibility index (Phi) is 7.54. The van der Waals surface area contributed by atoms with E-state index in [0.717, 1.165) is 27.8 Å². The minimum Gasteiger partial charge on any atom is -0.486 e. The molecule has 180 valence electrons. The van der Waals surface area contributed by atoms with E-state index in [-0.39, 0.29) is 33.0 Å². The van der Waals surface area contributed by atoms with Crippen LogP contribution in [0.15, 0.2) is 57.9 Å². The van der Waals surface area contributed by atoms with Crippen molar-refractivity contribution in [3.05, 3.63) is 91.7 Å². The zero-order chi connectivity index (χ0) is 25.1. The number of esters is 1. The highest BCUT2D eigenvalue weighted by Crippen LogP contribution is 2.38. The highest BCUT2D eigenvalue weighted by molar-refractivity contribution is 8.18. The SMILES string of the molecule is COC(=O)c1ccc(CN2C(=O)S/C(=C/c3cc(Cl)c(OCc4ccc(C)cc4)c(Cl)c3)C2=O)o1. The minimum absolute atomic E-state index is 0.0148. The van der Waals surface area contributed by atoms with Crippen LogP contribution < -0.4 is 4.74 Å². The number of hydrogen-bond acceptors (Lipinski definition) is 7. The Hall–Kier alpha value is -3.20. The maximum Gasteiger partial charge on any atom is 0.373 e. The molecular weight excluding hydrogens is 513 g/mol. The Balaban J connectivity index is 1.47. The number of hydrogen-bond donors (Lipinski definition) is 0. The summed E-state index contributed by atoms with van der Waals surface area (Å²) in [4.78, 5) is 38.0. The molecule has 2 aromatic carbocycles. The van der Waals surface area contributed by atoms with Crippen molar-refractivity contribution in [2.24, 2.45) is 0 Å². The summed E-state index contributed by atoms with van der Waals surface area (Å²) in [6, 6.07) is 14.0. The fourth-order valence-corrected chi connectivity index (χ4v) is 4.71. The fourth-order valence-electron chi connectivity index (χ4n) is 3.26. The third kappa shape index (κ3) is 5.73. The van der Waals surface area contributed by atoms with E-state index in [9.17, 15) is 14.4 Å². The van der Waals surface area contributed by atoms with Gasteiger partial charge in [0.25, 0.3) is 11.1 Å². The Labute approximate surface area is 215 Å². The number of carbonyl (C=O) groups excluding carboxylic acids is 3. The lowest BCUT2D eigenvalue weighted by Gasteiger charge is -2.11. The number of amides is 2. The summed E-state index contributed by atoms with van der Waals surface area (Å²) in [7, 11) is 1.23. The van der Waals surface area contributed by atoms with Gasteiger partial charge in [-0.3, -0.25) is 14.5 Å². The number of furan rings is 1. The molecule has 0 atom stereocenters. The predicted octanol–water partition coefficient (Wildman–Crippen LogP) is 6.50. The molecule has 0 unspecified atom stereocenters. The molecule has 1 saturated heterocycles. The first kappa shape index (κ1) is 24.9. The number of carbonyl (C=O) groups is 3. The van der Waals surface area contributed by atoms with Crippen molar-refractivity contribution in [2.45, 2.75) is 20.1 Å². The van der Waals surface area contributed by atoms with Crippen molar-refractivity contribution in [3.8, 4) is 5.75 Å². The molecule has 35 heavy (non-hydrogen) atoms. The van der Waals surface area contributed by atoms with Gasteiger partial charge in [0.1, 0.15) is 12.4 Å². The van der Waals surface area contributed by atoms with Gasteiger partial charge >= 0.3 is 5.97 Å². The van der Waals surface area contributed by atoms with Crippen molar-refractivity contribution >= 4 is 58.2 Å². The van der Waals surface area contributed by atoms with Crippen molar-refractivity contribution in [1.82, 2.24) is 4.90 Å². The minimum atomic E-state index is -0.648. The van der Waals surface area contributed by atoms with Gasteiger partial charge < -0.3 is 13.9 Å². The van der Waals surface area contributed by atoms with Gasteiger partial charge in [-0.05, 0) is 60.2 Å². The second kappa shape index (κ2) is 10.6. The smallest absolute Gasteiger partial charge is 0.373 e. The van der Waals surface area contributed by atoms with Crippen LogP contribution in [-0.4, -0.2) is 29.1 Å². The molecule has 10 heteroatoms. The van der Waals surface area contributed by atoms with Gasteiger partial charge in [-0.2, -0.15) is 0 Å². The lowest BCUT2D eigenvalue weighted by molar-refractivity contribution is -0.123. The largest absolute Gasteiger partial charge is 0.486 e. The summed E-state index contributed by atoms with van der Waals surface area (Å²) < 4.78 is 15.8. The molecule has 1 aromatic heterocycles. The molecule has 2 heterocycles. The third-order valence-electron chi connectivity index (χ3n) is 5.06. The number of halogens is 2. The zero-order valence-corrected chi connectivity index (χ0v) is 21.0. The third-order valence-corrected chi connectivity index (χ3v) is 6.53. The number of nitrogens with zero attached hydrogens (tertiary/aromatic N) is 1. The van der Waals surface area contributed by atoms with Gasteiger partial charge in [-0.25, -0.2) is 4.79 Å². The summed E-state index contributed by atoms with van der Waals surface area (Å²) >= 11 is 13.6. The molecule has 1 aliphatic rings. The van der Waals surface area contributed by atoms with E-state index in [1.807, 2.05) is 31.2 Å². The molecule has 7 nitrogen and oxygen atoms in total. The number of rotatable bonds is 7. The quantitative estimate of drug-likeness (QED) is 0.254. The second-order valence-electron chi connectivity index (χ2n) is 7.61. The summed E-state index contributed by atoms with van der Waals surface area (Å²) in [6.07, 6.45) is 1.54. The highest BCUT2D eigenvalue weighted by Gasteiger charge is 2.36. The van der Waals surface area contributed by atoms with Crippen LogP contribution in [0.4, 0.5) is 4.79 Å². The molecular formula is C25H19Cl2NO6S. The van der Waals surface area contributed by atoms with Crippen LogP contribution in [-0.2, 0) is 22.7 Å². The van der Waals surface area contributed by atoms with Gasteiger partial charge in [0, 0.05) is 0 Å². The van der Waals surface area contributed by atoms with E-state index in [1.54, 1.807) is 12.1 Å². The lowest BCUT2D eigenvalue weighted by Crippen LogP contribution is -2.27. The summed E-state index contributed by atoms with van der Waals surface area (Å²) in [5.41, 5.74) is 2.66. The first-order valence-electron chi connectivity index (χ1n) is 10.3. The first-order chi connectivity index (χ1) is 16.7. The Morgan fingerprint density at radius 2 is 1.77 bits per heavy atom. The van der Waals surface area contributed by atoms with Gasteiger partial charge in [0.15, 0.2) is 5.75 Å². The van der Waals surface area contributed by atoms with Crippen LogP contribution in [0.3, 0.4) is 0 Å². The molecule has 0 bridgehead atoms. The maximum absolute atomic E-state index is 12.8. The molecule has 0 radical (unpaired) electrons. The molecule has 3 aromatic rings. The molecule has 0 saturated carbocycles. The number of benzene rings is 2. The van der Waals surface area contributed by atoms with Gasteiger partial charge in [-0.15, -0.1) is 0 Å². The van der Waals surface area contributed by atoms with E-state index >= 15 is 0 Å². The van der Waals surface area contributed by atoms with Gasteiger partial charge in [-0.1, -0.05) is 53.0 Å². The molecule has 4 rings (SSSR count). The number of ether oxygens (including phenoxy) is 2. The van der Waals surface area contributed by atoms with Crippen LogP contribution in [0.1, 0.15) is 33.0 Å². The van der Waals surface area contributed by atoms with E-state index in [0.29, 0.717) is 17.9 Å². The Bertz CT molecular complexity index is 1310. The maximum atomic E-state index is 12.8. The summed E-state index contributed by atoms with van der Waals surface area (Å²) in [5, 5.41) is 0.0922. The first-order valence-corrected chi connectivity index (χ1v) is 11.9. The van der Waals surface area contributed by atoms with Crippen molar-refractivity contribution in [3.63, 3.8) is 0 Å². The van der Waals surface area contributed by atoms with Crippen molar-refractivity contribution in [1.29, 1.82) is 0 Å². The highest BCUT2D eigenvalue weighted by atomic mass is 35.5. The Morgan fingerprint density at radius 1 is 1.09 bits per heavy atom. The van der Waals surface area contributed by atoms with E-state index < -0.39 is 17.1 Å². The van der Waals surface area contributed by atoms with Crippen molar-refractivity contribution in [2.75, 3.05) is 7.11 Å². The van der Waals surface area contributed by atoms with Crippen LogP contribution >= 0.6 is 35.0 Å². The van der Waals surface area contributed by atoms with Crippen LogP contribution in [0.5, 0.6) is 5.75 Å². The summed E-state index contributed by atoms with van der Waals surface area (Å²) in [5.74, 6) is -0.555. The van der Waals surface area contributed by atoms with Crippen LogP contribution in [0.2, 0.25) is 10.0 Å². The average molecular weight is 532 g/mol. The Morgan fingerprint density at radius 3 is 2.43 bits per heavy atom. The van der Waals surface area contributed by atoms with Crippen LogP contribution in [0.25, 0.3) is 6.08 Å². The average Bonchev–Trinajstić information content (AvgIpc) is 3.39.